The summed E-state index contributed by atoms with van der Waals surface area (Å²) in [5.74, 6) is 0.879. The van der Waals surface area contributed by atoms with Gasteiger partial charge in [-0.1, -0.05) is 68.5 Å². The van der Waals surface area contributed by atoms with Crippen molar-refractivity contribution >= 4 is 27.5 Å². The van der Waals surface area contributed by atoms with Crippen LogP contribution in [-0.4, -0.2) is 19.7 Å². The van der Waals surface area contributed by atoms with Gasteiger partial charge in [-0.3, -0.25) is 4.79 Å². The van der Waals surface area contributed by atoms with Crippen molar-refractivity contribution in [2.45, 2.75) is 51.4 Å². The van der Waals surface area contributed by atoms with Crippen molar-refractivity contribution in [3.8, 4) is 5.75 Å². The van der Waals surface area contributed by atoms with Crippen LogP contribution in [0.25, 0.3) is 21.5 Å². The molecule has 0 heterocycles. The molecular formula is C25H30O3. The second kappa shape index (κ2) is 10.7. The number of carbonyl (C=O) groups excluding carboxylic acids is 1. The van der Waals surface area contributed by atoms with Crippen LogP contribution in [-0.2, 0) is 9.53 Å². The van der Waals surface area contributed by atoms with E-state index in [-0.39, 0.29) is 5.97 Å². The van der Waals surface area contributed by atoms with Crippen LogP contribution >= 0.6 is 0 Å². The Bertz CT molecular complexity index is 901. The first-order valence-electron chi connectivity index (χ1n) is 10.4. The summed E-state index contributed by atoms with van der Waals surface area (Å²) < 4.78 is 10.8. The molecular weight excluding hydrogens is 348 g/mol. The maximum absolute atomic E-state index is 11.0. The summed E-state index contributed by atoms with van der Waals surface area (Å²) in [5, 5.41) is 4.92. The van der Waals surface area contributed by atoms with E-state index in [1.807, 2.05) is 0 Å². The fourth-order valence-corrected chi connectivity index (χ4v) is 3.60. The quantitative estimate of drug-likeness (QED) is 0.212. The largest absolute Gasteiger partial charge is 0.493 e. The molecule has 28 heavy (non-hydrogen) atoms. The topological polar surface area (TPSA) is 35.5 Å². The Morgan fingerprint density at radius 1 is 0.750 bits per heavy atom. The lowest BCUT2D eigenvalue weighted by Gasteiger charge is -2.10. The number of carbonyl (C=O) groups is 1. The molecule has 0 aliphatic rings. The van der Waals surface area contributed by atoms with Crippen molar-refractivity contribution in [2.24, 2.45) is 0 Å². The monoisotopic (exact) mass is 378 g/mol. The van der Waals surface area contributed by atoms with Gasteiger partial charge in [-0.25, -0.2) is 0 Å². The van der Waals surface area contributed by atoms with Crippen LogP contribution in [0.1, 0.15) is 51.4 Å². The third-order valence-corrected chi connectivity index (χ3v) is 5.22. The highest BCUT2D eigenvalue weighted by Crippen LogP contribution is 2.30. The van der Waals surface area contributed by atoms with Gasteiger partial charge in [-0.05, 0) is 47.2 Å². The van der Waals surface area contributed by atoms with E-state index in [0.717, 1.165) is 31.6 Å². The van der Waals surface area contributed by atoms with E-state index >= 15 is 0 Å². The number of hydrogen-bond donors (Lipinski definition) is 0. The summed E-state index contributed by atoms with van der Waals surface area (Å²) in [6.07, 6.45) is 8.49. The van der Waals surface area contributed by atoms with Crippen LogP contribution < -0.4 is 4.74 Å². The summed E-state index contributed by atoms with van der Waals surface area (Å²) in [4.78, 5) is 11.0. The zero-order chi connectivity index (χ0) is 19.6. The molecule has 0 aliphatic carbocycles. The second-order valence-corrected chi connectivity index (χ2v) is 7.33. The lowest BCUT2D eigenvalue weighted by atomic mass is 10.0. The van der Waals surface area contributed by atoms with Crippen molar-refractivity contribution in [3.05, 3.63) is 54.6 Å². The summed E-state index contributed by atoms with van der Waals surface area (Å²) >= 11 is 0. The molecule has 0 saturated carbocycles. The van der Waals surface area contributed by atoms with Crippen LogP contribution in [0.4, 0.5) is 0 Å². The van der Waals surface area contributed by atoms with Gasteiger partial charge in [-0.15, -0.1) is 0 Å². The number of benzene rings is 3. The molecule has 0 amide bonds. The van der Waals surface area contributed by atoms with Gasteiger partial charge in [0.25, 0.3) is 0 Å². The molecule has 0 aromatic heterocycles. The molecule has 0 bridgehead atoms. The molecule has 3 nitrogen and oxygen atoms in total. The van der Waals surface area contributed by atoms with Crippen LogP contribution in [0.2, 0.25) is 0 Å². The van der Waals surface area contributed by atoms with Crippen molar-refractivity contribution in [1.29, 1.82) is 0 Å². The molecule has 0 aliphatic heterocycles. The second-order valence-electron chi connectivity index (χ2n) is 7.33. The Balaban J connectivity index is 1.39. The number of esters is 1. The van der Waals surface area contributed by atoms with Gasteiger partial charge in [-0.2, -0.15) is 0 Å². The molecule has 0 unspecified atom stereocenters. The van der Waals surface area contributed by atoms with E-state index in [2.05, 4.69) is 59.3 Å². The SMILES string of the molecule is COC(=O)CCCCCCCCCOc1cccc2cc3ccccc3cc12. The highest BCUT2D eigenvalue weighted by atomic mass is 16.5. The molecule has 0 N–H and O–H groups in total. The van der Waals surface area contributed by atoms with E-state index in [1.165, 1.54) is 54.3 Å². The number of methoxy groups -OCH3 is 1. The molecule has 3 aromatic carbocycles. The molecule has 3 rings (SSSR count). The number of hydrogen-bond acceptors (Lipinski definition) is 3. The van der Waals surface area contributed by atoms with Crippen LogP contribution in [0.15, 0.2) is 54.6 Å². The van der Waals surface area contributed by atoms with Crippen molar-refractivity contribution in [1.82, 2.24) is 0 Å². The third kappa shape index (κ3) is 5.72. The molecule has 0 radical (unpaired) electrons. The van der Waals surface area contributed by atoms with E-state index < -0.39 is 0 Å². The van der Waals surface area contributed by atoms with E-state index in [0.29, 0.717) is 6.42 Å². The maximum atomic E-state index is 11.0. The predicted molar refractivity (Wildman–Crippen MR) is 116 cm³/mol. The molecule has 3 heteroatoms. The third-order valence-electron chi connectivity index (χ3n) is 5.22. The Hall–Kier alpha value is -2.55. The van der Waals surface area contributed by atoms with Crippen LogP contribution in [0.3, 0.4) is 0 Å². The number of fused-ring (bicyclic) bond motifs is 2. The first kappa shape index (κ1) is 20.2. The number of unbranched alkanes of at least 4 members (excludes halogenated alkanes) is 6. The molecule has 0 fully saturated rings. The average Bonchev–Trinajstić information content (AvgIpc) is 2.73. The molecule has 148 valence electrons. The fraction of sp³-hybridized carbons (Fsp3) is 0.400. The summed E-state index contributed by atoms with van der Waals surface area (Å²) in [6, 6.07) is 19.2. The Morgan fingerprint density at radius 3 is 2.14 bits per heavy atom. The summed E-state index contributed by atoms with van der Waals surface area (Å²) in [6.45, 7) is 0.758. The van der Waals surface area contributed by atoms with Crippen molar-refractivity contribution < 1.29 is 14.3 Å². The Labute approximate surface area is 167 Å². The van der Waals surface area contributed by atoms with Gasteiger partial charge in [0.15, 0.2) is 0 Å². The smallest absolute Gasteiger partial charge is 0.305 e. The maximum Gasteiger partial charge on any atom is 0.305 e. The lowest BCUT2D eigenvalue weighted by molar-refractivity contribution is -0.140. The molecule has 0 atom stereocenters. The zero-order valence-corrected chi connectivity index (χ0v) is 16.8. The molecule has 3 aromatic rings. The molecule has 0 saturated heterocycles. The van der Waals surface area contributed by atoms with Crippen molar-refractivity contribution in [3.63, 3.8) is 0 Å². The summed E-state index contributed by atoms with van der Waals surface area (Å²) in [7, 11) is 1.45. The minimum Gasteiger partial charge on any atom is -0.493 e. The van der Waals surface area contributed by atoms with Crippen molar-refractivity contribution in [2.75, 3.05) is 13.7 Å². The number of ether oxygens (including phenoxy) is 2. The fourth-order valence-electron chi connectivity index (χ4n) is 3.60. The van der Waals surface area contributed by atoms with Crippen LogP contribution in [0, 0.1) is 0 Å². The highest BCUT2D eigenvalue weighted by molar-refractivity contribution is 6.00. The zero-order valence-electron chi connectivity index (χ0n) is 16.8. The van der Waals surface area contributed by atoms with Gasteiger partial charge in [0.1, 0.15) is 5.75 Å². The van der Waals surface area contributed by atoms with Gasteiger partial charge in [0, 0.05) is 11.8 Å². The Kier molecular flexibility index (Phi) is 7.71. The van der Waals surface area contributed by atoms with Crippen LogP contribution in [0.5, 0.6) is 5.75 Å². The number of rotatable bonds is 11. The first-order valence-corrected chi connectivity index (χ1v) is 10.4. The van der Waals surface area contributed by atoms with Gasteiger partial charge in [0.2, 0.25) is 0 Å². The standard InChI is InChI=1S/C25H30O3/c1-27-25(26)16-7-5-3-2-4-6-10-17-28-24-15-11-14-22-18-20-12-8-9-13-21(20)19-23(22)24/h8-9,11-15,18-19H,2-7,10,16-17H2,1H3. The summed E-state index contributed by atoms with van der Waals surface area (Å²) in [5.41, 5.74) is 0. The van der Waals surface area contributed by atoms with E-state index in [9.17, 15) is 4.79 Å². The van der Waals surface area contributed by atoms with Gasteiger partial charge < -0.3 is 9.47 Å². The van der Waals surface area contributed by atoms with E-state index in [1.54, 1.807) is 0 Å². The lowest BCUT2D eigenvalue weighted by Crippen LogP contribution is -1.99. The average molecular weight is 379 g/mol. The first-order chi connectivity index (χ1) is 13.8. The Morgan fingerprint density at radius 2 is 1.39 bits per heavy atom. The van der Waals surface area contributed by atoms with Gasteiger partial charge >= 0.3 is 5.97 Å². The minimum absolute atomic E-state index is 0.0985. The highest BCUT2D eigenvalue weighted by Gasteiger charge is 2.04. The van der Waals surface area contributed by atoms with E-state index in [4.69, 9.17) is 4.74 Å². The normalized spacial score (nSPS) is 11.0. The minimum atomic E-state index is -0.0985. The molecule has 0 spiro atoms. The predicted octanol–water partition coefficient (Wildman–Crippen LogP) is 6.67. The van der Waals surface area contributed by atoms with Gasteiger partial charge in [0.05, 0.1) is 13.7 Å².